The fourth-order valence-corrected chi connectivity index (χ4v) is 8.49. The Morgan fingerprint density at radius 2 is 0.921 bits per heavy atom. The van der Waals surface area contributed by atoms with Crippen LogP contribution in [0, 0.1) is 0 Å². The van der Waals surface area contributed by atoms with Crippen LogP contribution in [0.3, 0.4) is 0 Å². The third kappa shape index (κ3) is 3.81. The molecule has 38 heavy (non-hydrogen) atoms. The summed E-state index contributed by atoms with van der Waals surface area (Å²) in [6.45, 7) is 0. The summed E-state index contributed by atoms with van der Waals surface area (Å²) >= 11 is 6.91. The Morgan fingerprint density at radius 1 is 0.447 bits per heavy atom. The van der Waals surface area contributed by atoms with Gasteiger partial charge in [0.15, 0.2) is 0 Å². The quantitative estimate of drug-likeness (QED) is 0.214. The van der Waals surface area contributed by atoms with Crippen molar-refractivity contribution in [2.75, 3.05) is 0 Å². The number of rotatable bonds is 4. The molecule has 6 heterocycles. The van der Waals surface area contributed by atoms with Gasteiger partial charge in [0.2, 0.25) is 0 Å². The van der Waals surface area contributed by atoms with Gasteiger partial charge in [-0.05, 0) is 71.4 Å². The van der Waals surface area contributed by atoms with Crippen molar-refractivity contribution >= 4 is 76.6 Å². The van der Waals surface area contributed by atoms with Gasteiger partial charge in [0, 0.05) is 20.9 Å². The number of hydrogen-bond donors (Lipinski definition) is 0. The Kier molecular flexibility index (Phi) is 5.12. The monoisotopic (exact) mass is 562 g/mol. The molecule has 10 heteroatoms. The average molecular weight is 563 g/mol. The SMILES string of the molecule is c1cc(-c2ccc(-c3nc4cc5cc6sc(-c7ccc(-c8ccnnc8)s7)nc6cc5cc4s3)s2)cnn1. The lowest BCUT2D eigenvalue weighted by atomic mass is 10.1. The van der Waals surface area contributed by atoms with Gasteiger partial charge in [-0.25, -0.2) is 9.97 Å². The topological polar surface area (TPSA) is 77.3 Å². The zero-order chi connectivity index (χ0) is 25.1. The summed E-state index contributed by atoms with van der Waals surface area (Å²) in [7, 11) is 0. The number of thiazole rings is 2. The van der Waals surface area contributed by atoms with Crippen molar-refractivity contribution in [1.82, 2.24) is 30.4 Å². The normalized spacial score (nSPS) is 11.7. The summed E-state index contributed by atoms with van der Waals surface area (Å²) < 4.78 is 2.35. The lowest BCUT2D eigenvalue weighted by molar-refractivity contribution is 1.03. The molecule has 2 aromatic carbocycles. The standard InChI is InChI=1S/C28H14N6S4/c1-3-23(35-21(1)15-5-7-29-31-13-15)27-33-19-9-17-12-26-20(10-18(17)11-25(19)37-27)34-28(38-26)24-4-2-22(36-24)16-6-8-30-32-14-16/h1-14H. The van der Waals surface area contributed by atoms with Gasteiger partial charge in [-0.1, -0.05) is 0 Å². The van der Waals surface area contributed by atoms with Gasteiger partial charge < -0.3 is 0 Å². The Balaban J connectivity index is 1.15. The van der Waals surface area contributed by atoms with E-state index in [0.717, 1.165) is 51.7 Å². The molecule has 0 saturated heterocycles. The summed E-state index contributed by atoms with van der Waals surface area (Å²) in [6, 6.07) is 21.4. The van der Waals surface area contributed by atoms with E-state index in [1.54, 1.807) is 70.1 Å². The number of nitrogens with zero attached hydrogens (tertiary/aromatic N) is 6. The highest BCUT2D eigenvalue weighted by Crippen LogP contribution is 2.41. The van der Waals surface area contributed by atoms with Crippen LogP contribution in [-0.2, 0) is 0 Å². The summed E-state index contributed by atoms with van der Waals surface area (Å²) in [5.74, 6) is 0. The van der Waals surface area contributed by atoms with Crippen LogP contribution in [0.1, 0.15) is 0 Å². The molecule has 6 nitrogen and oxygen atoms in total. The van der Waals surface area contributed by atoms with E-state index in [1.807, 2.05) is 12.1 Å². The highest BCUT2D eigenvalue weighted by Gasteiger charge is 2.14. The van der Waals surface area contributed by atoms with Gasteiger partial charge in [0.05, 0.1) is 55.0 Å². The van der Waals surface area contributed by atoms with Gasteiger partial charge >= 0.3 is 0 Å². The maximum absolute atomic E-state index is 4.99. The summed E-state index contributed by atoms with van der Waals surface area (Å²) in [6.07, 6.45) is 7.03. The largest absolute Gasteiger partial charge is 0.235 e. The van der Waals surface area contributed by atoms with Crippen LogP contribution in [0.4, 0.5) is 0 Å². The molecule has 0 spiro atoms. The molecule has 6 aromatic heterocycles. The number of fused-ring (bicyclic) bond motifs is 3. The fraction of sp³-hybridized carbons (Fsp3) is 0. The smallest absolute Gasteiger partial charge is 0.134 e. The van der Waals surface area contributed by atoms with Crippen molar-refractivity contribution in [3.8, 4) is 40.7 Å². The molecule has 0 unspecified atom stereocenters. The lowest BCUT2D eigenvalue weighted by Gasteiger charge is -1.97. The zero-order valence-corrected chi connectivity index (χ0v) is 22.7. The molecule has 180 valence electrons. The van der Waals surface area contributed by atoms with Crippen LogP contribution in [0.15, 0.2) is 85.5 Å². The van der Waals surface area contributed by atoms with Crippen molar-refractivity contribution in [2.24, 2.45) is 0 Å². The van der Waals surface area contributed by atoms with Crippen LogP contribution >= 0.6 is 45.3 Å². The van der Waals surface area contributed by atoms with Crippen LogP contribution in [-0.4, -0.2) is 30.4 Å². The number of benzene rings is 2. The van der Waals surface area contributed by atoms with E-state index in [0.29, 0.717) is 0 Å². The fourth-order valence-electron chi connectivity index (χ4n) is 4.39. The molecule has 8 aromatic rings. The summed E-state index contributed by atoms with van der Waals surface area (Å²) in [4.78, 5) is 14.6. The number of thiophene rings is 2. The van der Waals surface area contributed by atoms with E-state index in [2.05, 4.69) is 68.9 Å². The van der Waals surface area contributed by atoms with Crippen LogP contribution in [0.25, 0.3) is 71.9 Å². The molecule has 0 aliphatic heterocycles. The molecule has 0 radical (unpaired) electrons. The molecule has 0 aliphatic rings. The van der Waals surface area contributed by atoms with E-state index in [1.165, 1.54) is 20.2 Å². The van der Waals surface area contributed by atoms with Crippen LogP contribution in [0.5, 0.6) is 0 Å². The minimum absolute atomic E-state index is 1.02. The summed E-state index contributed by atoms with van der Waals surface area (Å²) in [5, 5.41) is 20.2. The molecule has 0 amide bonds. The highest BCUT2D eigenvalue weighted by atomic mass is 32.1. The van der Waals surface area contributed by atoms with Crippen molar-refractivity contribution in [3.63, 3.8) is 0 Å². The molecule has 0 aliphatic carbocycles. The molecule has 0 atom stereocenters. The zero-order valence-electron chi connectivity index (χ0n) is 19.4. The highest BCUT2D eigenvalue weighted by molar-refractivity contribution is 7.27. The van der Waals surface area contributed by atoms with Gasteiger partial charge in [-0.2, -0.15) is 20.4 Å². The van der Waals surface area contributed by atoms with Gasteiger partial charge in [0.1, 0.15) is 10.0 Å². The third-order valence-corrected chi connectivity index (χ3v) is 10.9. The first kappa shape index (κ1) is 22.1. The lowest BCUT2D eigenvalue weighted by Crippen LogP contribution is -1.78. The first-order valence-electron chi connectivity index (χ1n) is 11.7. The second-order valence-electron chi connectivity index (χ2n) is 8.62. The average Bonchev–Trinajstić information content (AvgIpc) is 3.76. The van der Waals surface area contributed by atoms with Gasteiger partial charge in [-0.3, -0.25) is 0 Å². The minimum atomic E-state index is 1.02. The molecular weight excluding hydrogens is 549 g/mol. The molecule has 0 fully saturated rings. The van der Waals surface area contributed by atoms with E-state index >= 15 is 0 Å². The minimum Gasteiger partial charge on any atom is -0.235 e. The first-order chi connectivity index (χ1) is 18.8. The second-order valence-corrected chi connectivity index (χ2v) is 12.8. The van der Waals surface area contributed by atoms with E-state index in [9.17, 15) is 0 Å². The molecule has 0 N–H and O–H groups in total. The van der Waals surface area contributed by atoms with Gasteiger partial charge in [-0.15, -0.1) is 45.3 Å². The van der Waals surface area contributed by atoms with E-state index in [4.69, 9.17) is 9.97 Å². The molecule has 8 rings (SSSR count). The predicted molar refractivity (Wildman–Crippen MR) is 159 cm³/mol. The Labute approximate surface area is 232 Å². The van der Waals surface area contributed by atoms with Crippen LogP contribution < -0.4 is 0 Å². The predicted octanol–water partition coefficient (Wildman–Crippen LogP) is 8.43. The van der Waals surface area contributed by atoms with Gasteiger partial charge in [0.25, 0.3) is 0 Å². The van der Waals surface area contributed by atoms with Crippen molar-refractivity contribution < 1.29 is 0 Å². The third-order valence-electron chi connectivity index (χ3n) is 6.22. The number of hydrogen-bond acceptors (Lipinski definition) is 10. The molecule has 0 bridgehead atoms. The second kappa shape index (κ2) is 8.81. The van der Waals surface area contributed by atoms with Crippen molar-refractivity contribution in [3.05, 3.63) is 85.5 Å². The van der Waals surface area contributed by atoms with Crippen molar-refractivity contribution in [2.45, 2.75) is 0 Å². The van der Waals surface area contributed by atoms with Crippen LogP contribution in [0.2, 0.25) is 0 Å². The number of aromatic nitrogens is 6. The maximum atomic E-state index is 4.99. The Bertz CT molecular complexity index is 1870. The first-order valence-corrected chi connectivity index (χ1v) is 14.9. The van der Waals surface area contributed by atoms with E-state index < -0.39 is 0 Å². The Morgan fingerprint density at radius 3 is 1.37 bits per heavy atom. The summed E-state index contributed by atoms with van der Waals surface area (Å²) in [5.41, 5.74) is 4.19. The molecule has 0 saturated carbocycles. The van der Waals surface area contributed by atoms with Crippen molar-refractivity contribution in [1.29, 1.82) is 0 Å². The van der Waals surface area contributed by atoms with E-state index in [-0.39, 0.29) is 0 Å². The molecular formula is C28H14N6S4. The Hall–Kier alpha value is -3.96. The maximum Gasteiger partial charge on any atom is 0.134 e.